The van der Waals surface area contributed by atoms with Gasteiger partial charge in [0.25, 0.3) is 0 Å². The van der Waals surface area contributed by atoms with Crippen molar-refractivity contribution in [2.45, 2.75) is 82.8 Å². The number of hydrogen-bond acceptors (Lipinski definition) is 10. The van der Waals surface area contributed by atoms with Crippen LogP contribution in [0.15, 0.2) is 120 Å². The number of fused-ring (bicyclic) bond motifs is 3. The van der Waals surface area contributed by atoms with Crippen LogP contribution in [0.1, 0.15) is 74.5 Å². The van der Waals surface area contributed by atoms with Crippen molar-refractivity contribution in [2.75, 3.05) is 38.9 Å². The Labute approximate surface area is 380 Å². The lowest BCUT2D eigenvalue weighted by Gasteiger charge is -2.59. The summed E-state index contributed by atoms with van der Waals surface area (Å²) in [7, 11) is 0. The number of aliphatic hydroxyl groups is 2. The molecule has 0 aromatic heterocycles. The summed E-state index contributed by atoms with van der Waals surface area (Å²) in [5, 5.41) is 29.6. The number of amides is 2. The van der Waals surface area contributed by atoms with Crippen LogP contribution in [0.5, 0.6) is 11.5 Å². The van der Waals surface area contributed by atoms with Crippen LogP contribution in [0.3, 0.4) is 0 Å². The number of nitrogens with one attached hydrogen (secondary N) is 1. The number of nitrogens with zero attached hydrogens (tertiary/aromatic N) is 2. The molecule has 6 atom stereocenters. The molecule has 1 fully saturated rings. The third kappa shape index (κ3) is 10.4. The molecule has 340 valence electrons. The van der Waals surface area contributed by atoms with Gasteiger partial charge < -0.3 is 39.3 Å². The van der Waals surface area contributed by atoms with Gasteiger partial charge in [-0.2, -0.15) is 0 Å². The van der Waals surface area contributed by atoms with E-state index in [2.05, 4.69) is 18.0 Å². The molecule has 1 saturated carbocycles. The molecule has 7 rings (SSSR count). The maximum atomic E-state index is 14.8. The van der Waals surface area contributed by atoms with E-state index in [-0.39, 0.29) is 69.6 Å². The minimum Gasteiger partial charge on any atom is -0.459 e. The van der Waals surface area contributed by atoms with E-state index in [0.717, 1.165) is 58.7 Å². The first-order chi connectivity index (χ1) is 31.3. The van der Waals surface area contributed by atoms with Crippen LogP contribution in [0.2, 0.25) is 0 Å². The molecular formula is C51H60ClN3O9. The summed E-state index contributed by atoms with van der Waals surface area (Å²) in [5.74, 6) is -1.49. The molecule has 0 bridgehead atoms. The lowest BCUT2D eigenvalue weighted by molar-refractivity contribution is -0.256. The molecule has 3 N–H and O–H groups in total. The van der Waals surface area contributed by atoms with Crippen LogP contribution in [0.25, 0.3) is 10.8 Å². The number of carbonyl (C=O) groups excluding carboxylic acids is 2. The Balaban J connectivity index is 1.47. The molecule has 1 heterocycles. The van der Waals surface area contributed by atoms with E-state index in [0.29, 0.717) is 36.6 Å². The first-order valence-electron chi connectivity index (χ1n) is 22.5. The Bertz CT molecular complexity index is 2270. The second kappa shape index (κ2) is 22.5. The van der Waals surface area contributed by atoms with E-state index in [1.165, 1.54) is 0 Å². The maximum Gasteiger partial charge on any atom is 0.412 e. The van der Waals surface area contributed by atoms with Crippen molar-refractivity contribution < 1.29 is 43.6 Å². The number of unbranched alkanes of at least 4 members (excludes halogenated alkanes) is 2. The van der Waals surface area contributed by atoms with Gasteiger partial charge in [0.15, 0.2) is 0 Å². The quantitative estimate of drug-likeness (QED) is 0.0322. The van der Waals surface area contributed by atoms with Crippen molar-refractivity contribution in [3.05, 3.63) is 132 Å². The van der Waals surface area contributed by atoms with Gasteiger partial charge in [0, 0.05) is 37.7 Å². The topological polar surface area (TPSA) is 148 Å². The second-order valence-corrected chi connectivity index (χ2v) is 16.9. The van der Waals surface area contributed by atoms with Crippen LogP contribution in [-0.2, 0) is 27.5 Å². The lowest BCUT2D eigenvalue weighted by atomic mass is 9.55. The predicted molar refractivity (Wildman–Crippen MR) is 247 cm³/mol. The van der Waals surface area contributed by atoms with Crippen LogP contribution in [0, 0.1) is 17.8 Å². The summed E-state index contributed by atoms with van der Waals surface area (Å²) in [4.78, 5) is 35.6. The van der Waals surface area contributed by atoms with Crippen molar-refractivity contribution in [1.82, 2.24) is 10.2 Å². The number of hydrogen-bond donors (Lipinski definition) is 3. The minimum atomic E-state index is -1.53. The number of aliphatic hydroxyl groups excluding tert-OH is 2. The highest BCUT2D eigenvalue weighted by Gasteiger charge is 2.65. The Morgan fingerprint density at radius 2 is 1.75 bits per heavy atom. The number of rotatable bonds is 21. The van der Waals surface area contributed by atoms with Gasteiger partial charge in [-0.15, -0.1) is 18.2 Å². The van der Waals surface area contributed by atoms with Gasteiger partial charge in [0.1, 0.15) is 30.8 Å². The van der Waals surface area contributed by atoms with E-state index in [1.807, 2.05) is 91.9 Å². The zero-order valence-corrected chi connectivity index (χ0v) is 37.3. The van der Waals surface area contributed by atoms with Crippen LogP contribution in [0.4, 0.5) is 9.59 Å². The highest BCUT2D eigenvalue weighted by atomic mass is 35.5. The molecule has 4 aromatic rings. The fourth-order valence-corrected chi connectivity index (χ4v) is 9.96. The van der Waals surface area contributed by atoms with E-state index in [4.69, 9.17) is 40.5 Å². The SMILES string of the molecule is C=CCO[C@@]12Oc3ccc(OC(=O)NCC)cc3[C@H]3[C@H](CCCCO)[C@@H](CCCCO)C=C(C(=NOCc4ccccc4)C[C@@H]1N(Cc1cccc4ccccc14)C(=O)OCCCl)[C@H]32. The summed E-state index contributed by atoms with van der Waals surface area (Å²) < 4.78 is 26.2. The number of alkyl halides is 1. The van der Waals surface area contributed by atoms with E-state index in [1.54, 1.807) is 17.0 Å². The monoisotopic (exact) mass is 893 g/mol. The zero-order chi connectivity index (χ0) is 44.9. The Morgan fingerprint density at radius 3 is 2.52 bits per heavy atom. The largest absolute Gasteiger partial charge is 0.459 e. The highest BCUT2D eigenvalue weighted by Crippen LogP contribution is 2.62. The molecule has 12 nitrogen and oxygen atoms in total. The maximum absolute atomic E-state index is 14.8. The third-order valence-electron chi connectivity index (χ3n) is 12.6. The summed E-state index contributed by atoms with van der Waals surface area (Å²) in [6.45, 7) is 6.83. The van der Waals surface area contributed by atoms with Crippen molar-refractivity contribution in [3.8, 4) is 11.5 Å². The number of carbonyl (C=O) groups is 2. The highest BCUT2D eigenvalue weighted by molar-refractivity contribution is 6.18. The molecule has 1 aliphatic heterocycles. The number of halogens is 1. The van der Waals surface area contributed by atoms with Gasteiger partial charge in [0.2, 0.25) is 5.79 Å². The molecule has 4 aromatic carbocycles. The average Bonchev–Trinajstić information content (AvgIpc) is 3.31. The number of ether oxygens (including phenoxy) is 4. The Morgan fingerprint density at radius 1 is 0.984 bits per heavy atom. The standard InChI is InChI=1S/C51H60ClN3O9/c1-3-28-61-51-46(55(50(59)60-29-25-52)33-38-20-14-19-36-17-8-9-21-40(36)38)32-44(54-62-34-35-15-6-5-7-16-35)42-30-37(18-10-12-26-56)41(22-11-13-27-57)47(48(42)51)43-31-39(23-24-45(43)64-51)63-49(58)53-4-2/h3,5-9,14-17,19-21,23-24,30-31,37,41,46-48,56-57H,1,4,10-13,18,22,25-29,32-34H2,2H3,(H,53,58)/t37-,41+,46-,47+,48+,51+/m0/s1. The predicted octanol–water partition coefficient (Wildman–Crippen LogP) is 9.66. The fourth-order valence-electron chi connectivity index (χ4n) is 9.88. The third-order valence-corrected chi connectivity index (χ3v) is 12.7. The van der Waals surface area contributed by atoms with Gasteiger partial charge >= 0.3 is 12.2 Å². The molecule has 2 aliphatic carbocycles. The fraction of sp³-hybridized carbons (Fsp3) is 0.431. The molecule has 0 unspecified atom stereocenters. The molecule has 0 saturated heterocycles. The first-order valence-corrected chi connectivity index (χ1v) is 23.0. The van der Waals surface area contributed by atoms with Crippen molar-refractivity contribution in [2.24, 2.45) is 22.9 Å². The van der Waals surface area contributed by atoms with Gasteiger partial charge in [-0.3, -0.25) is 4.90 Å². The normalized spacial score (nSPS) is 22.7. The smallest absolute Gasteiger partial charge is 0.412 e. The summed E-state index contributed by atoms with van der Waals surface area (Å²) in [5.41, 5.74) is 4.19. The van der Waals surface area contributed by atoms with Crippen LogP contribution < -0.4 is 14.8 Å². The summed E-state index contributed by atoms with van der Waals surface area (Å²) in [6, 6.07) is 28.5. The van der Waals surface area contributed by atoms with Gasteiger partial charge in [-0.1, -0.05) is 103 Å². The molecule has 3 aliphatic rings. The van der Waals surface area contributed by atoms with Gasteiger partial charge in [0.05, 0.1) is 30.7 Å². The van der Waals surface area contributed by atoms with Crippen molar-refractivity contribution >= 4 is 40.3 Å². The molecule has 64 heavy (non-hydrogen) atoms. The van der Waals surface area contributed by atoms with E-state index >= 15 is 0 Å². The van der Waals surface area contributed by atoms with Gasteiger partial charge in [-0.25, -0.2) is 9.59 Å². The number of oxime groups is 1. The first kappa shape index (κ1) is 46.6. The second-order valence-electron chi connectivity index (χ2n) is 16.5. The van der Waals surface area contributed by atoms with E-state index < -0.39 is 29.9 Å². The lowest BCUT2D eigenvalue weighted by Crippen LogP contribution is -2.70. The number of allylic oxidation sites excluding steroid dienone is 1. The van der Waals surface area contributed by atoms with Crippen LogP contribution >= 0.6 is 11.6 Å². The molecular weight excluding hydrogens is 834 g/mol. The zero-order valence-electron chi connectivity index (χ0n) is 36.5. The molecule has 0 spiro atoms. The van der Waals surface area contributed by atoms with Crippen LogP contribution in [-0.4, -0.2) is 83.7 Å². The summed E-state index contributed by atoms with van der Waals surface area (Å²) >= 11 is 6.16. The van der Waals surface area contributed by atoms with Gasteiger partial charge in [-0.05, 0) is 90.1 Å². The number of benzene rings is 4. The van der Waals surface area contributed by atoms with E-state index in [9.17, 15) is 19.8 Å². The van der Waals surface area contributed by atoms with Crippen molar-refractivity contribution in [3.63, 3.8) is 0 Å². The molecule has 13 heteroatoms. The minimum absolute atomic E-state index is 0.00820. The molecule has 0 radical (unpaired) electrons. The van der Waals surface area contributed by atoms with Crippen molar-refractivity contribution in [1.29, 1.82) is 0 Å². The Kier molecular flexibility index (Phi) is 16.4. The Hall–Kier alpha value is -5.40. The summed E-state index contributed by atoms with van der Waals surface area (Å²) in [6.07, 6.45) is 7.29. The molecule has 2 amide bonds. The average molecular weight is 895 g/mol.